The van der Waals surface area contributed by atoms with Gasteiger partial charge in [0.15, 0.2) is 8.32 Å². The van der Waals surface area contributed by atoms with Crippen molar-refractivity contribution in [1.29, 1.82) is 0 Å². The molecule has 2 rings (SSSR count). The Balaban J connectivity index is 2.31. The first-order chi connectivity index (χ1) is 31.3. The molecule has 0 bridgehead atoms. The molecule has 27 heteroatoms. The van der Waals surface area contributed by atoms with Gasteiger partial charge >= 0.3 is 59.7 Å². The van der Waals surface area contributed by atoms with Crippen LogP contribution in [-0.2, 0) is 18.7 Å². The van der Waals surface area contributed by atoms with E-state index in [1.54, 1.807) is 19.9 Å². The van der Waals surface area contributed by atoms with Gasteiger partial charge in [0.25, 0.3) is 0 Å². The van der Waals surface area contributed by atoms with E-state index in [2.05, 4.69) is 5.32 Å². The van der Waals surface area contributed by atoms with Crippen molar-refractivity contribution in [3.63, 3.8) is 0 Å². The highest BCUT2D eigenvalue weighted by Gasteiger charge is 2.95. The molecule has 69 heavy (non-hydrogen) atoms. The maximum absolute atomic E-state index is 15.0. The second kappa shape index (κ2) is 22.6. The predicted molar refractivity (Wildman–Crippen MR) is 212 cm³/mol. The first-order valence-electron chi connectivity index (χ1n) is 20.3. The smallest absolute Gasteiger partial charge is 0.460 e. The second-order valence-electron chi connectivity index (χ2n) is 16.0. The van der Waals surface area contributed by atoms with E-state index < -0.39 is 134 Å². The third kappa shape index (κ3) is 13.0. The summed E-state index contributed by atoms with van der Waals surface area (Å²) >= 11 is 0. The van der Waals surface area contributed by atoms with Crippen LogP contribution in [0.3, 0.4) is 0 Å². The molecule has 2 aromatic carbocycles. The van der Waals surface area contributed by atoms with Crippen LogP contribution < -0.4 is 10.1 Å². The number of halogens is 19. The van der Waals surface area contributed by atoms with E-state index in [0.717, 1.165) is 18.2 Å². The van der Waals surface area contributed by atoms with Crippen molar-refractivity contribution < 1.29 is 112 Å². The van der Waals surface area contributed by atoms with E-state index in [0.29, 0.717) is 11.6 Å². The largest absolute Gasteiger partial charge is 0.491 e. The molecule has 0 aromatic heterocycles. The first-order valence-corrected chi connectivity index (χ1v) is 22.6. The second-order valence-corrected chi connectivity index (χ2v) is 21.0. The third-order valence-corrected chi connectivity index (χ3v) is 16.4. The fourth-order valence-electron chi connectivity index (χ4n) is 6.68. The quantitative estimate of drug-likeness (QED) is 0.0266. The van der Waals surface area contributed by atoms with Crippen LogP contribution in [0.15, 0.2) is 66.8 Å². The van der Waals surface area contributed by atoms with Crippen LogP contribution in [0.5, 0.6) is 5.75 Å². The molecule has 392 valence electrons. The number of hydrogen-bond donors (Lipinski definition) is 1. The number of anilines is 1. The van der Waals surface area contributed by atoms with Crippen molar-refractivity contribution in [3.8, 4) is 5.75 Å². The van der Waals surface area contributed by atoms with Crippen molar-refractivity contribution in [1.82, 2.24) is 0 Å². The fraction of sp³-hybridized carbons (Fsp3) is 0.571. The first kappa shape index (κ1) is 60.4. The molecule has 0 saturated carbocycles. The highest BCUT2D eigenvalue weighted by Crippen LogP contribution is 2.64. The Morgan fingerprint density at radius 3 is 1.70 bits per heavy atom. The van der Waals surface area contributed by atoms with Crippen molar-refractivity contribution in [2.45, 2.75) is 125 Å². The zero-order valence-corrected chi connectivity index (χ0v) is 38.0. The minimum atomic E-state index is -8.72. The monoisotopic (exact) mass is 1050 g/mol. The summed E-state index contributed by atoms with van der Waals surface area (Å²) in [4.78, 5) is 24.4. The lowest BCUT2D eigenvalue weighted by Crippen LogP contribution is -2.74. The van der Waals surface area contributed by atoms with E-state index in [1.807, 2.05) is 0 Å². The molecule has 0 aliphatic heterocycles. The summed E-state index contributed by atoms with van der Waals surface area (Å²) in [7, 11) is -4.05. The van der Waals surface area contributed by atoms with Crippen LogP contribution in [0.4, 0.5) is 93.9 Å². The van der Waals surface area contributed by atoms with Gasteiger partial charge in [0.1, 0.15) is 30.1 Å². The normalized spacial score (nSPS) is 15.0. The van der Waals surface area contributed by atoms with Gasteiger partial charge in [0, 0.05) is 24.5 Å². The zero-order chi connectivity index (χ0) is 53.4. The maximum atomic E-state index is 15.0. The number of carbonyl (C=O) groups excluding carboxylic acids is 2. The number of carbonyl (C=O) groups is 2. The number of hydrogen-bond acceptors (Lipinski definition) is 6. The fourth-order valence-corrected chi connectivity index (χ4v) is 11.1. The Morgan fingerprint density at radius 2 is 1.20 bits per heavy atom. The Labute approximate surface area is 383 Å². The van der Waals surface area contributed by atoms with Gasteiger partial charge in [-0.05, 0) is 60.3 Å². The highest BCUT2D eigenvalue weighted by atomic mass is 28.4. The van der Waals surface area contributed by atoms with E-state index in [9.17, 15) is 84.2 Å². The topological polar surface area (TPSA) is 83.1 Å². The minimum absolute atomic E-state index is 0.0571. The number of nitrogens with one attached hydrogen (secondary N) is 1. The van der Waals surface area contributed by atoms with Crippen molar-refractivity contribution >= 4 is 26.1 Å². The summed E-state index contributed by atoms with van der Waals surface area (Å²) in [6.45, 7) is 7.52. The number of esters is 1. The molecule has 0 saturated heterocycles. The van der Waals surface area contributed by atoms with E-state index in [4.69, 9.17) is 18.6 Å². The van der Waals surface area contributed by atoms with Gasteiger partial charge in [0.2, 0.25) is 0 Å². The molecule has 0 aliphatic rings. The standard InChI is InChI=1S/C42H46F19NO6Si/c1-7-65-32(63)12-10-8-9-11-26(6)33(68-34(64)62-31-18-15-28(43)23-30(31)44)27-13-16-29(17-14-27)66-20-21-67-69(24(2)3,25(4)5)22-19-35(45,46)36(47,48)37(49,50)38(51,52)39(53,54)40(55,56)41(57,58)42(59,60)61/h8-10,12-18,23-26,33H,7,11,19-22H2,1-6H3,(H,62,64)/b9-8+,12-10+/t26-,33+/m0/s1. The molecular formula is C42H46F19NO6Si. The van der Waals surface area contributed by atoms with Crippen LogP contribution in [0.25, 0.3) is 0 Å². The lowest BCUT2D eigenvalue weighted by atomic mass is 9.88. The molecule has 1 N–H and O–H groups in total. The minimum Gasteiger partial charge on any atom is -0.491 e. The van der Waals surface area contributed by atoms with Crippen LogP contribution in [0, 0.1) is 17.6 Å². The van der Waals surface area contributed by atoms with Gasteiger partial charge in [-0.25, -0.2) is 18.4 Å². The van der Waals surface area contributed by atoms with Gasteiger partial charge in [-0.1, -0.05) is 65.0 Å². The van der Waals surface area contributed by atoms with E-state index in [1.165, 1.54) is 64.1 Å². The number of rotatable bonds is 25. The van der Waals surface area contributed by atoms with Crippen LogP contribution in [0.2, 0.25) is 17.1 Å². The number of allylic oxidation sites excluding steroid dienone is 3. The third-order valence-electron chi connectivity index (χ3n) is 10.7. The van der Waals surface area contributed by atoms with Crippen molar-refractivity contribution in [3.05, 3.63) is 84.0 Å². The number of benzene rings is 2. The summed E-state index contributed by atoms with van der Waals surface area (Å²) in [5.41, 5.74) is -1.94. The Hall–Kier alpha value is -4.69. The molecular weight excluding hydrogens is 1000 g/mol. The molecule has 0 radical (unpaired) electrons. The summed E-state index contributed by atoms with van der Waals surface area (Å²) in [5.74, 6) is -60.1. The summed E-state index contributed by atoms with van der Waals surface area (Å²) in [6.07, 6.45) is -6.81. The molecule has 0 spiro atoms. The summed E-state index contributed by atoms with van der Waals surface area (Å²) in [6, 6.07) is 6.47. The van der Waals surface area contributed by atoms with Gasteiger partial charge < -0.3 is 18.6 Å². The van der Waals surface area contributed by atoms with E-state index >= 15 is 8.78 Å². The Bertz CT molecular complexity index is 2070. The molecule has 0 unspecified atom stereocenters. The number of amides is 1. The molecule has 0 heterocycles. The SMILES string of the molecule is CCOC(=O)/C=C/C=C/C[C@H](C)[C@@H](OC(=O)Nc1ccc(F)cc1F)c1ccc(OCCO[Si](CCC(F)(F)C(F)(F)C(F)(F)C(F)(F)C(F)(F)C(F)(F)C(F)(F)C(F)(F)F)(C(C)C)C(C)C)cc1. The average Bonchev–Trinajstić information content (AvgIpc) is 3.22. The van der Waals surface area contributed by atoms with Crippen molar-refractivity contribution in [2.24, 2.45) is 5.92 Å². The van der Waals surface area contributed by atoms with Crippen LogP contribution in [0.1, 0.15) is 66.1 Å². The molecule has 2 atom stereocenters. The number of alkyl halides is 17. The Morgan fingerprint density at radius 1 is 0.681 bits per heavy atom. The Kier molecular flexibility index (Phi) is 19.8. The van der Waals surface area contributed by atoms with Crippen LogP contribution >= 0.6 is 0 Å². The number of ether oxygens (including phenoxy) is 3. The molecule has 7 nitrogen and oxygen atoms in total. The van der Waals surface area contributed by atoms with Gasteiger partial charge in [-0.15, -0.1) is 0 Å². The van der Waals surface area contributed by atoms with Gasteiger partial charge in [0.05, 0.1) is 18.9 Å². The van der Waals surface area contributed by atoms with Gasteiger partial charge in [-0.3, -0.25) is 5.32 Å². The molecule has 0 fully saturated rings. The average molecular weight is 1050 g/mol. The maximum Gasteiger partial charge on any atom is 0.460 e. The zero-order valence-electron chi connectivity index (χ0n) is 37.0. The van der Waals surface area contributed by atoms with Crippen LogP contribution in [-0.4, -0.2) is 87.8 Å². The molecule has 1 amide bonds. The predicted octanol–water partition coefficient (Wildman–Crippen LogP) is 14.5. The highest BCUT2D eigenvalue weighted by molar-refractivity contribution is 6.76. The lowest BCUT2D eigenvalue weighted by molar-refractivity contribution is -0.461. The summed E-state index contributed by atoms with van der Waals surface area (Å²) in [5, 5.41) is 2.16. The molecule has 2 aromatic rings. The van der Waals surface area contributed by atoms with Gasteiger partial charge in [-0.2, -0.15) is 74.6 Å². The van der Waals surface area contributed by atoms with E-state index in [-0.39, 0.29) is 18.8 Å². The van der Waals surface area contributed by atoms with Crippen molar-refractivity contribution in [2.75, 3.05) is 25.1 Å². The molecule has 0 aliphatic carbocycles. The lowest BCUT2D eigenvalue weighted by Gasteiger charge is -2.44. The summed E-state index contributed by atoms with van der Waals surface area (Å²) < 4.78 is 286.